The van der Waals surface area contributed by atoms with Crippen LogP contribution in [-0.2, 0) is 10.3 Å². The van der Waals surface area contributed by atoms with Crippen LogP contribution in [0.4, 0.5) is 23.2 Å². The summed E-state index contributed by atoms with van der Waals surface area (Å²) in [5.41, 5.74) is 3.78. The summed E-state index contributed by atoms with van der Waals surface area (Å²) in [5, 5.41) is 2.62. The van der Waals surface area contributed by atoms with E-state index in [0.29, 0.717) is 5.69 Å². The highest BCUT2D eigenvalue weighted by atomic mass is 19.4. The van der Waals surface area contributed by atoms with E-state index >= 15 is 0 Å². The molecule has 1 aliphatic rings. The van der Waals surface area contributed by atoms with Gasteiger partial charge in [0.25, 0.3) is 0 Å². The smallest absolute Gasteiger partial charge is 0.385 e. The molecule has 1 aromatic rings. The molecule has 9 heteroatoms. The number of nitrogens with one attached hydrogen (secondary N) is 1. The number of nitrogens with two attached hydrogens (primary N) is 1. The lowest BCUT2D eigenvalue weighted by Crippen LogP contribution is -2.58. The summed E-state index contributed by atoms with van der Waals surface area (Å²) in [5.74, 6) is -0.996. The molecule has 26 heavy (non-hydrogen) atoms. The van der Waals surface area contributed by atoms with E-state index in [2.05, 4.69) is 10.3 Å². The lowest BCUT2D eigenvalue weighted by Gasteiger charge is -2.46. The molecular weight excluding hydrogens is 352 g/mol. The molecule has 1 aromatic carbocycles. The van der Waals surface area contributed by atoms with E-state index in [1.54, 1.807) is 20.8 Å². The zero-order valence-corrected chi connectivity index (χ0v) is 15.0. The molecule has 144 valence electrons. The number of carbonyl (C=O) groups excluding carboxylic acids is 1. The summed E-state index contributed by atoms with van der Waals surface area (Å²) >= 11 is 0. The second kappa shape index (κ2) is 6.44. The summed E-state index contributed by atoms with van der Waals surface area (Å²) in [6.07, 6.45) is -5.31. The summed E-state index contributed by atoms with van der Waals surface area (Å²) < 4.78 is 51.5. The van der Waals surface area contributed by atoms with Gasteiger partial charge < -0.3 is 11.1 Å². The van der Waals surface area contributed by atoms with E-state index < -0.39 is 29.4 Å². The maximum absolute atomic E-state index is 14.6. The zero-order chi connectivity index (χ0) is 19.9. The molecule has 5 nitrogen and oxygen atoms in total. The second-order valence-corrected chi connectivity index (χ2v) is 7.02. The van der Waals surface area contributed by atoms with Crippen molar-refractivity contribution in [3.8, 4) is 0 Å². The highest BCUT2D eigenvalue weighted by molar-refractivity contribution is 6.01. The van der Waals surface area contributed by atoms with Crippen LogP contribution in [0.1, 0.15) is 32.8 Å². The van der Waals surface area contributed by atoms with Crippen molar-refractivity contribution >= 4 is 17.6 Å². The number of carbonyl (C=O) groups is 1. The molecule has 0 unspecified atom stereocenters. The molecule has 0 spiro atoms. The number of anilines is 1. The van der Waals surface area contributed by atoms with Crippen LogP contribution in [0, 0.1) is 11.2 Å². The lowest BCUT2D eigenvalue weighted by atomic mass is 9.67. The number of halogens is 4. The molecule has 1 atom stereocenters. The summed E-state index contributed by atoms with van der Waals surface area (Å²) in [6.45, 7) is 4.50. The molecule has 0 fully saturated rings. The topological polar surface area (TPSA) is 70.7 Å². The lowest BCUT2D eigenvalue weighted by molar-refractivity contribution is -0.140. The molecule has 1 amide bonds. The Hall–Kier alpha value is -2.32. The van der Waals surface area contributed by atoms with Crippen molar-refractivity contribution in [1.29, 1.82) is 0 Å². The van der Waals surface area contributed by atoms with Gasteiger partial charge in [-0.1, -0.05) is 0 Å². The minimum atomic E-state index is -4.29. The van der Waals surface area contributed by atoms with E-state index in [1.807, 2.05) is 0 Å². The molecule has 1 heterocycles. The molecule has 0 saturated carbocycles. The van der Waals surface area contributed by atoms with E-state index in [1.165, 1.54) is 24.1 Å². The van der Waals surface area contributed by atoms with Crippen LogP contribution in [0.15, 0.2) is 23.2 Å². The summed E-state index contributed by atoms with van der Waals surface area (Å²) in [7, 11) is 1.48. The Morgan fingerprint density at radius 3 is 2.46 bits per heavy atom. The third-order valence-electron chi connectivity index (χ3n) is 4.97. The Bertz CT molecular complexity index is 745. The number of hydrogen-bond donors (Lipinski definition) is 2. The van der Waals surface area contributed by atoms with E-state index in [0.717, 1.165) is 6.07 Å². The third-order valence-corrected chi connectivity index (χ3v) is 4.97. The first kappa shape index (κ1) is 20.0. The van der Waals surface area contributed by atoms with Gasteiger partial charge in [-0.05, 0) is 39.0 Å². The third kappa shape index (κ3) is 3.47. The van der Waals surface area contributed by atoms with Crippen LogP contribution >= 0.6 is 0 Å². The maximum atomic E-state index is 14.6. The molecule has 3 N–H and O–H groups in total. The molecule has 1 aliphatic heterocycles. The first-order valence-electron chi connectivity index (χ1n) is 8.04. The number of nitrogens with zero attached hydrogens (tertiary/aromatic N) is 2. The first-order valence-corrected chi connectivity index (χ1v) is 8.04. The Morgan fingerprint density at radius 2 is 1.88 bits per heavy atom. The Balaban J connectivity index is 2.43. The van der Waals surface area contributed by atoms with Gasteiger partial charge in [-0.3, -0.25) is 9.69 Å². The molecule has 0 aromatic heterocycles. The van der Waals surface area contributed by atoms with Crippen molar-refractivity contribution in [2.45, 2.75) is 38.9 Å². The Labute approximate surface area is 149 Å². The van der Waals surface area contributed by atoms with Gasteiger partial charge in [0.2, 0.25) is 5.91 Å². The molecule has 0 bridgehead atoms. The number of aliphatic imine (C=N–C) groups is 1. The average molecular weight is 374 g/mol. The largest absolute Gasteiger partial charge is 0.390 e. The van der Waals surface area contributed by atoms with Crippen LogP contribution in [0.5, 0.6) is 0 Å². The number of hydrogen-bond acceptors (Lipinski definition) is 4. The minimum absolute atomic E-state index is 0.0494. The molecule has 0 aliphatic carbocycles. The van der Waals surface area contributed by atoms with E-state index in [4.69, 9.17) is 5.73 Å². The van der Waals surface area contributed by atoms with Gasteiger partial charge in [-0.15, -0.1) is 0 Å². The van der Waals surface area contributed by atoms with Crippen molar-refractivity contribution < 1.29 is 22.4 Å². The minimum Gasteiger partial charge on any atom is -0.385 e. The van der Waals surface area contributed by atoms with Gasteiger partial charge in [0.15, 0.2) is 5.96 Å². The Morgan fingerprint density at radius 1 is 1.27 bits per heavy atom. The van der Waals surface area contributed by atoms with Gasteiger partial charge in [0.05, 0.1) is 11.8 Å². The fourth-order valence-electron chi connectivity index (χ4n) is 2.93. The Kier molecular flexibility index (Phi) is 4.95. The van der Waals surface area contributed by atoms with Crippen LogP contribution in [0.2, 0.25) is 0 Å². The predicted molar refractivity (Wildman–Crippen MR) is 91.1 cm³/mol. The monoisotopic (exact) mass is 374 g/mol. The number of amides is 1. The fraction of sp³-hybridized carbons (Fsp3) is 0.529. The van der Waals surface area contributed by atoms with Crippen molar-refractivity contribution in [2.75, 3.05) is 18.9 Å². The van der Waals surface area contributed by atoms with Gasteiger partial charge in [-0.2, -0.15) is 13.2 Å². The van der Waals surface area contributed by atoms with E-state index in [-0.39, 0.29) is 24.0 Å². The first-order chi connectivity index (χ1) is 11.8. The molecule has 2 rings (SSSR count). The highest BCUT2D eigenvalue weighted by Gasteiger charge is 2.53. The van der Waals surface area contributed by atoms with Gasteiger partial charge in [0, 0.05) is 24.8 Å². The van der Waals surface area contributed by atoms with Crippen LogP contribution < -0.4 is 11.1 Å². The van der Waals surface area contributed by atoms with Crippen molar-refractivity contribution in [3.05, 3.63) is 29.6 Å². The summed E-state index contributed by atoms with van der Waals surface area (Å²) in [4.78, 5) is 18.2. The second-order valence-electron chi connectivity index (χ2n) is 7.02. The maximum Gasteiger partial charge on any atom is 0.390 e. The van der Waals surface area contributed by atoms with Crippen molar-refractivity contribution in [1.82, 2.24) is 4.90 Å². The average Bonchev–Trinajstić information content (AvgIpc) is 2.52. The molecule has 0 saturated heterocycles. The number of rotatable bonds is 4. The van der Waals surface area contributed by atoms with Crippen LogP contribution in [-0.4, -0.2) is 36.5 Å². The number of alkyl halides is 3. The normalized spacial score (nSPS) is 23.0. The molecule has 0 radical (unpaired) electrons. The van der Waals surface area contributed by atoms with Crippen LogP contribution in [0.25, 0.3) is 0 Å². The number of guanidine groups is 1. The van der Waals surface area contributed by atoms with Crippen molar-refractivity contribution in [2.24, 2.45) is 16.1 Å². The molecular formula is C17H22F4N4O. The number of benzene rings is 1. The van der Waals surface area contributed by atoms with Crippen molar-refractivity contribution in [3.63, 3.8) is 0 Å². The predicted octanol–water partition coefficient (Wildman–Crippen LogP) is 3.22. The SMILES string of the molecule is CN1C(=O)C(C)(C)[C@@](C)(c2cc(NCCC(F)(F)F)ccc2F)N=C1N. The van der Waals surface area contributed by atoms with Gasteiger partial charge >= 0.3 is 6.18 Å². The highest BCUT2D eigenvalue weighted by Crippen LogP contribution is 2.47. The van der Waals surface area contributed by atoms with Gasteiger partial charge in [0.1, 0.15) is 11.4 Å². The standard InChI is InChI=1S/C17H22F4N4O/c1-15(2)13(26)25(4)14(22)24-16(15,3)11-9-10(5-6-12(11)18)23-8-7-17(19,20)21/h5-6,9,23H,7-8H2,1-4H3,(H2,22,24)/t16-/m1/s1. The summed E-state index contributed by atoms with van der Waals surface area (Å²) in [6, 6.07) is 3.86. The fourth-order valence-corrected chi connectivity index (χ4v) is 2.93. The quantitative estimate of drug-likeness (QED) is 0.795. The van der Waals surface area contributed by atoms with Crippen LogP contribution in [0.3, 0.4) is 0 Å². The van der Waals surface area contributed by atoms with Gasteiger partial charge in [-0.25, -0.2) is 9.38 Å². The zero-order valence-electron chi connectivity index (χ0n) is 15.0. The van der Waals surface area contributed by atoms with E-state index in [9.17, 15) is 22.4 Å².